The quantitative estimate of drug-likeness (QED) is 0.675. The SMILES string of the molecule is Cc1ccc(C(=O)N(C)CCOc2ccccc2)cc1NC(=O)c1ccco1. The largest absolute Gasteiger partial charge is 0.492 e. The van der Waals surface area contributed by atoms with Gasteiger partial charge >= 0.3 is 0 Å². The Balaban J connectivity index is 1.62. The smallest absolute Gasteiger partial charge is 0.291 e. The van der Waals surface area contributed by atoms with Gasteiger partial charge in [-0.3, -0.25) is 9.59 Å². The number of nitrogens with zero attached hydrogens (tertiary/aromatic N) is 1. The van der Waals surface area contributed by atoms with Gasteiger partial charge in [0.2, 0.25) is 0 Å². The fraction of sp³-hybridized carbons (Fsp3) is 0.182. The fourth-order valence-corrected chi connectivity index (χ4v) is 2.62. The van der Waals surface area contributed by atoms with Crippen LogP contribution in [0.5, 0.6) is 5.75 Å². The number of amides is 2. The van der Waals surface area contributed by atoms with Gasteiger partial charge in [-0.1, -0.05) is 24.3 Å². The summed E-state index contributed by atoms with van der Waals surface area (Å²) in [7, 11) is 1.72. The molecule has 0 fully saturated rings. The maximum atomic E-state index is 12.7. The van der Waals surface area contributed by atoms with Crippen molar-refractivity contribution >= 4 is 17.5 Å². The number of anilines is 1. The Kier molecular flexibility index (Phi) is 6.11. The summed E-state index contributed by atoms with van der Waals surface area (Å²) >= 11 is 0. The van der Waals surface area contributed by atoms with Gasteiger partial charge in [-0.15, -0.1) is 0 Å². The fourth-order valence-electron chi connectivity index (χ4n) is 2.62. The monoisotopic (exact) mass is 378 g/mol. The van der Waals surface area contributed by atoms with E-state index in [0.29, 0.717) is 24.4 Å². The number of benzene rings is 2. The van der Waals surface area contributed by atoms with Gasteiger partial charge in [-0.2, -0.15) is 0 Å². The van der Waals surface area contributed by atoms with Crippen LogP contribution in [0.3, 0.4) is 0 Å². The molecule has 6 nitrogen and oxygen atoms in total. The van der Waals surface area contributed by atoms with Gasteiger partial charge in [0.05, 0.1) is 12.8 Å². The van der Waals surface area contributed by atoms with E-state index < -0.39 is 0 Å². The minimum absolute atomic E-state index is 0.148. The van der Waals surface area contributed by atoms with E-state index in [4.69, 9.17) is 9.15 Å². The van der Waals surface area contributed by atoms with Crippen LogP contribution in [0, 0.1) is 6.92 Å². The number of para-hydroxylation sites is 1. The zero-order valence-corrected chi connectivity index (χ0v) is 15.8. The molecule has 2 aromatic carbocycles. The molecule has 0 bridgehead atoms. The number of ether oxygens (including phenoxy) is 1. The van der Waals surface area contributed by atoms with E-state index in [9.17, 15) is 9.59 Å². The topological polar surface area (TPSA) is 71.8 Å². The number of likely N-dealkylation sites (N-methyl/N-ethyl adjacent to an activating group) is 1. The summed E-state index contributed by atoms with van der Waals surface area (Å²) < 4.78 is 10.7. The maximum Gasteiger partial charge on any atom is 0.291 e. The summed E-state index contributed by atoms with van der Waals surface area (Å²) in [6.07, 6.45) is 1.44. The zero-order chi connectivity index (χ0) is 19.9. The molecule has 0 unspecified atom stereocenters. The van der Waals surface area contributed by atoms with Crippen molar-refractivity contribution in [1.29, 1.82) is 0 Å². The Morgan fingerprint density at radius 3 is 2.57 bits per heavy atom. The van der Waals surface area contributed by atoms with Crippen molar-refractivity contribution in [2.45, 2.75) is 6.92 Å². The molecule has 0 radical (unpaired) electrons. The van der Waals surface area contributed by atoms with Gasteiger partial charge in [0.15, 0.2) is 5.76 Å². The molecule has 28 heavy (non-hydrogen) atoms. The number of aryl methyl sites for hydroxylation is 1. The van der Waals surface area contributed by atoms with E-state index in [2.05, 4.69) is 5.32 Å². The number of carbonyl (C=O) groups is 2. The molecule has 3 aromatic rings. The first-order valence-corrected chi connectivity index (χ1v) is 8.93. The molecule has 2 amide bonds. The third kappa shape index (κ3) is 4.79. The molecule has 6 heteroatoms. The van der Waals surface area contributed by atoms with Gasteiger partial charge in [-0.05, 0) is 48.9 Å². The molecule has 0 aliphatic carbocycles. The second kappa shape index (κ2) is 8.90. The first-order valence-electron chi connectivity index (χ1n) is 8.93. The molecule has 144 valence electrons. The summed E-state index contributed by atoms with van der Waals surface area (Å²) in [5.41, 5.74) is 1.91. The molecule has 3 rings (SSSR count). The number of nitrogens with one attached hydrogen (secondary N) is 1. The van der Waals surface area contributed by atoms with Gasteiger partial charge in [0.25, 0.3) is 11.8 Å². The van der Waals surface area contributed by atoms with E-state index in [0.717, 1.165) is 11.3 Å². The first kappa shape index (κ1) is 19.2. The predicted molar refractivity (Wildman–Crippen MR) is 107 cm³/mol. The van der Waals surface area contributed by atoms with Crippen LogP contribution in [-0.2, 0) is 0 Å². The molecular weight excluding hydrogens is 356 g/mol. The minimum Gasteiger partial charge on any atom is -0.492 e. The maximum absolute atomic E-state index is 12.7. The Bertz CT molecular complexity index is 936. The second-order valence-electron chi connectivity index (χ2n) is 6.35. The van der Waals surface area contributed by atoms with E-state index >= 15 is 0 Å². The molecule has 1 aromatic heterocycles. The van der Waals surface area contributed by atoms with Crippen molar-refractivity contribution in [2.24, 2.45) is 0 Å². The Morgan fingerprint density at radius 1 is 1.07 bits per heavy atom. The minimum atomic E-state index is -0.359. The normalized spacial score (nSPS) is 10.4. The highest BCUT2D eigenvalue weighted by Gasteiger charge is 2.15. The van der Waals surface area contributed by atoms with Crippen molar-refractivity contribution in [3.05, 3.63) is 83.8 Å². The van der Waals surface area contributed by atoms with Crippen LogP contribution in [0.1, 0.15) is 26.5 Å². The Labute approximate surface area is 163 Å². The average molecular weight is 378 g/mol. The van der Waals surface area contributed by atoms with Crippen LogP contribution in [0.25, 0.3) is 0 Å². The Hall–Kier alpha value is -3.54. The van der Waals surface area contributed by atoms with E-state index in [1.807, 2.05) is 37.3 Å². The standard InChI is InChI=1S/C22H22N2O4/c1-16-10-11-17(15-19(16)23-21(25)20-9-6-13-28-20)22(26)24(2)12-14-27-18-7-4-3-5-8-18/h3-11,13,15H,12,14H2,1-2H3,(H,23,25). The molecule has 0 saturated heterocycles. The molecule has 0 aliphatic heterocycles. The lowest BCUT2D eigenvalue weighted by Crippen LogP contribution is -2.31. The number of hydrogen-bond acceptors (Lipinski definition) is 4. The summed E-state index contributed by atoms with van der Waals surface area (Å²) in [6, 6.07) is 17.9. The number of furan rings is 1. The number of carbonyl (C=O) groups excluding carboxylic acids is 2. The van der Waals surface area contributed by atoms with Crippen molar-refractivity contribution in [1.82, 2.24) is 4.90 Å². The summed E-state index contributed by atoms with van der Waals surface area (Å²) in [5.74, 6) is 0.473. The van der Waals surface area contributed by atoms with Crippen LogP contribution in [0.15, 0.2) is 71.3 Å². The third-order valence-corrected chi connectivity index (χ3v) is 4.26. The predicted octanol–water partition coefficient (Wildman–Crippen LogP) is 3.99. The van der Waals surface area contributed by atoms with Crippen LogP contribution in [0.4, 0.5) is 5.69 Å². The average Bonchev–Trinajstić information content (AvgIpc) is 3.25. The number of rotatable bonds is 7. The molecule has 0 saturated carbocycles. The summed E-state index contributed by atoms with van der Waals surface area (Å²) in [4.78, 5) is 26.5. The molecule has 0 aliphatic rings. The lowest BCUT2D eigenvalue weighted by molar-refractivity contribution is 0.0773. The van der Waals surface area contributed by atoms with Gasteiger partial charge < -0.3 is 19.4 Å². The van der Waals surface area contributed by atoms with Crippen LogP contribution in [0.2, 0.25) is 0 Å². The van der Waals surface area contributed by atoms with Gasteiger partial charge in [0, 0.05) is 18.3 Å². The molecule has 0 atom stereocenters. The van der Waals surface area contributed by atoms with Gasteiger partial charge in [-0.25, -0.2) is 0 Å². The molecular formula is C22H22N2O4. The van der Waals surface area contributed by atoms with Crippen LogP contribution < -0.4 is 10.1 Å². The summed E-state index contributed by atoms with van der Waals surface area (Å²) in [5, 5.41) is 2.78. The van der Waals surface area contributed by atoms with Crippen molar-refractivity contribution in [3.63, 3.8) is 0 Å². The molecule has 1 heterocycles. The molecule has 0 spiro atoms. The molecule has 1 N–H and O–H groups in total. The highest BCUT2D eigenvalue weighted by Crippen LogP contribution is 2.19. The van der Waals surface area contributed by atoms with E-state index in [-0.39, 0.29) is 17.6 Å². The van der Waals surface area contributed by atoms with Gasteiger partial charge in [0.1, 0.15) is 12.4 Å². The van der Waals surface area contributed by atoms with Crippen LogP contribution >= 0.6 is 0 Å². The highest BCUT2D eigenvalue weighted by atomic mass is 16.5. The van der Waals surface area contributed by atoms with Crippen LogP contribution in [-0.4, -0.2) is 36.9 Å². The summed E-state index contributed by atoms with van der Waals surface area (Å²) in [6.45, 7) is 2.69. The first-order chi connectivity index (χ1) is 13.5. The Morgan fingerprint density at radius 2 is 1.86 bits per heavy atom. The zero-order valence-electron chi connectivity index (χ0n) is 15.8. The van der Waals surface area contributed by atoms with E-state index in [1.165, 1.54) is 6.26 Å². The lowest BCUT2D eigenvalue weighted by Gasteiger charge is -2.18. The van der Waals surface area contributed by atoms with Crippen molar-refractivity contribution in [2.75, 3.05) is 25.5 Å². The van der Waals surface area contributed by atoms with Crippen molar-refractivity contribution in [3.8, 4) is 5.75 Å². The second-order valence-corrected chi connectivity index (χ2v) is 6.35. The lowest BCUT2D eigenvalue weighted by atomic mass is 10.1. The highest BCUT2D eigenvalue weighted by molar-refractivity contribution is 6.03. The number of hydrogen-bond donors (Lipinski definition) is 1. The third-order valence-electron chi connectivity index (χ3n) is 4.26. The van der Waals surface area contributed by atoms with Crippen molar-refractivity contribution < 1.29 is 18.7 Å². The van der Waals surface area contributed by atoms with E-state index in [1.54, 1.807) is 42.3 Å².